The van der Waals surface area contributed by atoms with Gasteiger partial charge in [0.2, 0.25) is 0 Å². The number of aromatic nitrogens is 1. The van der Waals surface area contributed by atoms with Crippen molar-refractivity contribution in [3.63, 3.8) is 0 Å². The lowest BCUT2D eigenvalue weighted by Gasteiger charge is -2.40. The third-order valence-electron chi connectivity index (χ3n) is 7.54. The first-order valence-electron chi connectivity index (χ1n) is 12.7. The third-order valence-corrected chi connectivity index (χ3v) is 7.54. The van der Waals surface area contributed by atoms with E-state index in [0.717, 1.165) is 55.3 Å². The van der Waals surface area contributed by atoms with Gasteiger partial charge in [0, 0.05) is 47.6 Å². The van der Waals surface area contributed by atoms with Crippen LogP contribution in [0.2, 0.25) is 0 Å². The second kappa shape index (κ2) is 10.8. The van der Waals surface area contributed by atoms with Crippen LogP contribution in [0.1, 0.15) is 57.5 Å². The van der Waals surface area contributed by atoms with Crippen molar-refractivity contribution in [1.29, 1.82) is 0 Å². The number of halogens is 2. The highest BCUT2D eigenvalue weighted by Crippen LogP contribution is 2.38. The van der Waals surface area contributed by atoms with Crippen molar-refractivity contribution in [2.24, 2.45) is 0 Å². The van der Waals surface area contributed by atoms with Gasteiger partial charge < -0.3 is 20.3 Å². The third kappa shape index (κ3) is 5.18. The molecule has 38 heavy (non-hydrogen) atoms. The first kappa shape index (κ1) is 25.6. The number of fused-ring (bicyclic) bond motifs is 2. The largest absolute Gasteiger partial charge is 0.496 e. The van der Waals surface area contributed by atoms with Gasteiger partial charge in [0.1, 0.15) is 23.2 Å². The van der Waals surface area contributed by atoms with Crippen LogP contribution >= 0.6 is 0 Å². The number of methoxy groups -OCH3 is 1. The summed E-state index contributed by atoms with van der Waals surface area (Å²) in [4.78, 5) is 32.4. The molecule has 5 rings (SSSR count). The molecule has 198 valence electrons. The highest BCUT2D eigenvalue weighted by molar-refractivity contribution is 5.96. The van der Waals surface area contributed by atoms with E-state index in [1.54, 1.807) is 13.2 Å². The minimum Gasteiger partial charge on any atom is -0.496 e. The van der Waals surface area contributed by atoms with E-state index in [4.69, 9.17) is 4.74 Å². The SMILES string of the molecule is COc1cccc(C(=O)NC2C[C@H]3CC[C@@H](C2)N3c2ccc(C(=O)NCc3cc(F)ccc3F)cn2)c1C. The zero-order valence-electron chi connectivity index (χ0n) is 21.3. The van der Waals surface area contributed by atoms with Gasteiger partial charge in [-0.15, -0.1) is 0 Å². The van der Waals surface area contributed by atoms with Crippen molar-refractivity contribution in [1.82, 2.24) is 15.6 Å². The maximum absolute atomic E-state index is 13.8. The summed E-state index contributed by atoms with van der Waals surface area (Å²) in [7, 11) is 1.60. The molecule has 3 atom stereocenters. The Bertz CT molecular complexity index is 1330. The Morgan fingerprint density at radius 3 is 2.50 bits per heavy atom. The van der Waals surface area contributed by atoms with E-state index >= 15 is 0 Å². The Balaban J connectivity index is 1.20. The van der Waals surface area contributed by atoms with Crippen LogP contribution in [-0.4, -0.2) is 42.0 Å². The van der Waals surface area contributed by atoms with Gasteiger partial charge in [-0.1, -0.05) is 6.07 Å². The molecule has 9 heteroatoms. The smallest absolute Gasteiger partial charge is 0.253 e. The Labute approximate surface area is 220 Å². The highest BCUT2D eigenvalue weighted by atomic mass is 19.1. The molecule has 1 aromatic heterocycles. The lowest BCUT2D eigenvalue weighted by molar-refractivity contribution is 0.0923. The van der Waals surface area contributed by atoms with Crippen molar-refractivity contribution >= 4 is 17.6 Å². The number of hydrogen-bond acceptors (Lipinski definition) is 5. The number of ether oxygens (including phenoxy) is 1. The Hall–Kier alpha value is -4.01. The summed E-state index contributed by atoms with van der Waals surface area (Å²) in [6.07, 6.45) is 5.16. The van der Waals surface area contributed by atoms with Gasteiger partial charge in [-0.05, 0) is 75.1 Å². The number of carbonyl (C=O) groups is 2. The van der Waals surface area contributed by atoms with Gasteiger partial charge in [0.15, 0.2) is 0 Å². The minimum absolute atomic E-state index is 0.0649. The number of nitrogens with zero attached hydrogens (tertiary/aromatic N) is 2. The maximum Gasteiger partial charge on any atom is 0.253 e. The predicted molar refractivity (Wildman–Crippen MR) is 139 cm³/mol. The lowest BCUT2D eigenvalue weighted by Crippen LogP contribution is -2.50. The molecule has 2 aliphatic rings. The molecule has 3 aromatic rings. The van der Waals surface area contributed by atoms with E-state index in [1.807, 2.05) is 31.2 Å². The normalized spacial score (nSPS) is 20.2. The molecule has 2 saturated heterocycles. The topological polar surface area (TPSA) is 83.6 Å². The molecule has 0 saturated carbocycles. The Morgan fingerprint density at radius 1 is 1.05 bits per heavy atom. The number of anilines is 1. The fraction of sp³-hybridized carbons (Fsp3) is 0.345. The van der Waals surface area contributed by atoms with Crippen molar-refractivity contribution in [2.75, 3.05) is 12.0 Å². The molecule has 2 N–H and O–H groups in total. The number of rotatable bonds is 7. The molecule has 3 heterocycles. The van der Waals surface area contributed by atoms with Crippen LogP contribution in [0, 0.1) is 18.6 Å². The van der Waals surface area contributed by atoms with E-state index in [9.17, 15) is 18.4 Å². The summed E-state index contributed by atoms with van der Waals surface area (Å²) in [6.45, 7) is 1.76. The van der Waals surface area contributed by atoms with Gasteiger partial charge in [0.05, 0.1) is 12.7 Å². The van der Waals surface area contributed by atoms with Crippen LogP contribution in [-0.2, 0) is 6.54 Å². The molecule has 0 radical (unpaired) electrons. The van der Waals surface area contributed by atoms with E-state index in [1.165, 1.54) is 6.20 Å². The zero-order chi connectivity index (χ0) is 26.8. The zero-order valence-corrected chi connectivity index (χ0v) is 21.3. The van der Waals surface area contributed by atoms with Crippen molar-refractivity contribution in [3.05, 3.63) is 88.6 Å². The molecule has 2 bridgehead atoms. The number of piperidine rings is 1. The molecular formula is C29H30F2N4O3. The predicted octanol–water partition coefficient (Wildman–Crippen LogP) is 4.54. The molecule has 0 spiro atoms. The molecule has 1 unspecified atom stereocenters. The second-order valence-electron chi connectivity index (χ2n) is 9.89. The Morgan fingerprint density at radius 2 is 1.82 bits per heavy atom. The van der Waals surface area contributed by atoms with Gasteiger partial charge >= 0.3 is 0 Å². The van der Waals surface area contributed by atoms with E-state index in [2.05, 4.69) is 20.5 Å². The van der Waals surface area contributed by atoms with Gasteiger partial charge in [-0.3, -0.25) is 9.59 Å². The molecule has 2 aromatic carbocycles. The Kier molecular flexibility index (Phi) is 7.26. The van der Waals surface area contributed by atoms with Crippen LogP contribution in [0.15, 0.2) is 54.7 Å². The number of pyridine rings is 1. The lowest BCUT2D eigenvalue weighted by atomic mass is 9.96. The van der Waals surface area contributed by atoms with Crippen molar-refractivity contribution < 1.29 is 23.1 Å². The van der Waals surface area contributed by atoms with Gasteiger partial charge in [0.25, 0.3) is 11.8 Å². The van der Waals surface area contributed by atoms with Crippen LogP contribution in [0.5, 0.6) is 5.75 Å². The van der Waals surface area contributed by atoms with E-state index < -0.39 is 17.5 Å². The number of benzene rings is 2. The van der Waals surface area contributed by atoms with Crippen LogP contribution in [0.4, 0.5) is 14.6 Å². The molecule has 2 fully saturated rings. The van der Waals surface area contributed by atoms with Crippen molar-refractivity contribution in [3.8, 4) is 5.75 Å². The van der Waals surface area contributed by atoms with Crippen molar-refractivity contribution in [2.45, 2.75) is 57.3 Å². The van der Waals surface area contributed by atoms with Crippen LogP contribution < -0.4 is 20.3 Å². The fourth-order valence-electron chi connectivity index (χ4n) is 5.64. The summed E-state index contributed by atoms with van der Waals surface area (Å²) in [6, 6.07) is 12.7. The molecular weight excluding hydrogens is 490 g/mol. The number of amides is 2. The van der Waals surface area contributed by atoms with Crippen LogP contribution in [0.25, 0.3) is 0 Å². The maximum atomic E-state index is 13.8. The van der Waals surface area contributed by atoms with Gasteiger partial charge in [-0.2, -0.15) is 0 Å². The summed E-state index contributed by atoms with van der Waals surface area (Å²) in [5.74, 6) is -0.157. The first-order chi connectivity index (χ1) is 18.3. The quantitative estimate of drug-likeness (QED) is 0.478. The first-order valence-corrected chi connectivity index (χ1v) is 12.7. The number of hydrogen-bond donors (Lipinski definition) is 2. The average molecular weight is 521 g/mol. The van der Waals surface area contributed by atoms with Gasteiger partial charge in [-0.25, -0.2) is 13.8 Å². The molecule has 0 aliphatic carbocycles. The summed E-state index contributed by atoms with van der Waals surface area (Å²) < 4.78 is 32.6. The summed E-state index contributed by atoms with van der Waals surface area (Å²) >= 11 is 0. The fourth-order valence-corrected chi connectivity index (χ4v) is 5.64. The number of carbonyl (C=O) groups excluding carboxylic acids is 2. The summed E-state index contributed by atoms with van der Waals surface area (Å²) in [5, 5.41) is 5.83. The van der Waals surface area contributed by atoms with E-state index in [0.29, 0.717) is 16.9 Å². The molecule has 7 nitrogen and oxygen atoms in total. The van der Waals surface area contributed by atoms with Crippen LogP contribution in [0.3, 0.4) is 0 Å². The molecule has 2 aliphatic heterocycles. The minimum atomic E-state index is -0.575. The molecule has 2 amide bonds. The number of nitrogens with one attached hydrogen (secondary N) is 2. The highest BCUT2D eigenvalue weighted by Gasteiger charge is 2.42. The average Bonchev–Trinajstić information content (AvgIpc) is 3.19. The second-order valence-corrected chi connectivity index (χ2v) is 9.89. The van der Waals surface area contributed by atoms with E-state index in [-0.39, 0.29) is 36.1 Å². The summed E-state index contributed by atoms with van der Waals surface area (Å²) in [5.41, 5.74) is 1.86. The monoisotopic (exact) mass is 520 g/mol. The standard InChI is InChI=1S/C29H30F2N4O3/c1-17-24(4-3-5-26(17)38-2)29(37)34-21-13-22-8-9-23(14-21)35(22)27-11-6-18(15-32-27)28(36)33-16-19-12-20(30)7-10-25(19)31/h3-7,10-12,15,21-23H,8-9,13-14,16H2,1-2H3,(H,33,36)(H,34,37)/t21?,22-,23+.